The molecule has 0 spiro atoms. The molecule has 0 unspecified atom stereocenters. The van der Waals surface area contributed by atoms with Gasteiger partial charge in [-0.25, -0.2) is 0 Å². The van der Waals surface area contributed by atoms with Crippen LogP contribution in [0.3, 0.4) is 0 Å². The molecule has 2 aromatic rings. The number of rotatable bonds is 3. The Morgan fingerprint density at radius 2 is 2.05 bits per heavy atom. The second-order valence-corrected chi connectivity index (χ2v) is 4.67. The normalized spacial score (nSPS) is 12.6. The molecule has 0 fully saturated rings. The maximum absolute atomic E-state index is 12.2. The Morgan fingerprint density at radius 3 is 2.81 bits per heavy atom. The zero-order chi connectivity index (χ0) is 14.7. The monoisotopic (exact) mass is 284 g/mol. The Balaban J connectivity index is 1.75. The van der Waals surface area contributed by atoms with Gasteiger partial charge in [-0.3, -0.25) is 4.79 Å². The Bertz CT molecular complexity index is 653. The predicted molar refractivity (Wildman–Crippen MR) is 81.4 cm³/mol. The van der Waals surface area contributed by atoms with Crippen LogP contribution in [0.2, 0.25) is 0 Å². The first-order valence-electron chi connectivity index (χ1n) is 6.72. The summed E-state index contributed by atoms with van der Waals surface area (Å²) < 4.78 is 10.6. The second-order valence-electron chi connectivity index (χ2n) is 4.67. The molecule has 0 radical (unpaired) electrons. The number of hydrogen-bond acceptors (Lipinski definition) is 4. The smallest absolute Gasteiger partial charge is 0.255 e. The number of benzene rings is 2. The molecule has 0 bridgehead atoms. The van der Waals surface area contributed by atoms with Crippen molar-refractivity contribution in [2.24, 2.45) is 0 Å². The van der Waals surface area contributed by atoms with Crippen molar-refractivity contribution in [3.63, 3.8) is 0 Å². The standard InChI is InChI=1S/C16H16N2O3/c1-20-13-5-3-12(4-6-13)18-16(19)11-2-7-15-14(10-11)17-8-9-21-15/h2-7,10,17H,8-9H2,1H3,(H,18,19). The number of carbonyl (C=O) groups excluding carboxylic acids is 1. The van der Waals surface area contributed by atoms with E-state index in [0.717, 1.165) is 29.4 Å². The van der Waals surface area contributed by atoms with Gasteiger partial charge in [0.15, 0.2) is 0 Å². The molecule has 0 aliphatic carbocycles. The molecule has 1 heterocycles. The van der Waals surface area contributed by atoms with Crippen molar-refractivity contribution in [1.29, 1.82) is 0 Å². The molecule has 1 amide bonds. The van der Waals surface area contributed by atoms with E-state index in [9.17, 15) is 4.79 Å². The van der Waals surface area contributed by atoms with Gasteiger partial charge >= 0.3 is 0 Å². The predicted octanol–water partition coefficient (Wildman–Crippen LogP) is 2.75. The highest BCUT2D eigenvalue weighted by Gasteiger charge is 2.13. The fraction of sp³-hybridized carbons (Fsp3) is 0.188. The highest BCUT2D eigenvalue weighted by atomic mass is 16.5. The third-order valence-electron chi connectivity index (χ3n) is 3.26. The van der Waals surface area contributed by atoms with Crippen LogP contribution in [-0.2, 0) is 0 Å². The van der Waals surface area contributed by atoms with Crippen LogP contribution in [0, 0.1) is 0 Å². The lowest BCUT2D eigenvalue weighted by Crippen LogP contribution is -2.19. The SMILES string of the molecule is COc1ccc(NC(=O)c2ccc3c(c2)NCCO3)cc1. The van der Waals surface area contributed by atoms with Gasteiger partial charge in [-0.1, -0.05) is 0 Å². The summed E-state index contributed by atoms with van der Waals surface area (Å²) in [6, 6.07) is 12.6. The van der Waals surface area contributed by atoms with E-state index in [1.54, 1.807) is 43.5 Å². The van der Waals surface area contributed by atoms with Gasteiger partial charge in [0.05, 0.1) is 12.8 Å². The molecule has 1 aliphatic heterocycles. The molecule has 108 valence electrons. The molecule has 2 aromatic carbocycles. The van der Waals surface area contributed by atoms with E-state index in [1.807, 2.05) is 6.07 Å². The van der Waals surface area contributed by atoms with E-state index >= 15 is 0 Å². The third-order valence-corrected chi connectivity index (χ3v) is 3.26. The van der Waals surface area contributed by atoms with Gasteiger partial charge in [-0.2, -0.15) is 0 Å². The van der Waals surface area contributed by atoms with E-state index in [-0.39, 0.29) is 5.91 Å². The van der Waals surface area contributed by atoms with Gasteiger partial charge in [-0.15, -0.1) is 0 Å². The van der Waals surface area contributed by atoms with E-state index in [1.165, 1.54) is 0 Å². The number of ether oxygens (including phenoxy) is 2. The number of amides is 1. The number of anilines is 2. The zero-order valence-corrected chi connectivity index (χ0v) is 11.7. The molecule has 0 saturated heterocycles. The summed E-state index contributed by atoms with van der Waals surface area (Å²) in [6.07, 6.45) is 0. The van der Waals surface area contributed by atoms with Gasteiger partial charge < -0.3 is 20.1 Å². The first-order chi connectivity index (χ1) is 10.3. The van der Waals surface area contributed by atoms with Crippen molar-refractivity contribution in [2.45, 2.75) is 0 Å². The molecular weight excluding hydrogens is 268 g/mol. The molecule has 5 heteroatoms. The summed E-state index contributed by atoms with van der Waals surface area (Å²) in [5, 5.41) is 6.07. The lowest BCUT2D eigenvalue weighted by atomic mass is 10.1. The zero-order valence-electron chi connectivity index (χ0n) is 11.7. The Morgan fingerprint density at radius 1 is 1.24 bits per heavy atom. The minimum atomic E-state index is -0.157. The van der Waals surface area contributed by atoms with E-state index in [4.69, 9.17) is 9.47 Å². The van der Waals surface area contributed by atoms with Crippen LogP contribution >= 0.6 is 0 Å². The van der Waals surface area contributed by atoms with Crippen LogP contribution in [0.1, 0.15) is 10.4 Å². The molecule has 0 saturated carbocycles. The number of nitrogens with one attached hydrogen (secondary N) is 2. The van der Waals surface area contributed by atoms with Gasteiger partial charge in [-0.05, 0) is 42.5 Å². The minimum Gasteiger partial charge on any atom is -0.497 e. The first-order valence-corrected chi connectivity index (χ1v) is 6.72. The molecule has 0 atom stereocenters. The topological polar surface area (TPSA) is 59.6 Å². The van der Waals surface area contributed by atoms with E-state index in [0.29, 0.717) is 12.2 Å². The number of fused-ring (bicyclic) bond motifs is 1. The summed E-state index contributed by atoms with van der Waals surface area (Å²) >= 11 is 0. The maximum atomic E-state index is 12.2. The fourth-order valence-corrected chi connectivity index (χ4v) is 2.16. The average molecular weight is 284 g/mol. The second kappa shape index (κ2) is 5.75. The third kappa shape index (κ3) is 2.91. The summed E-state index contributed by atoms with van der Waals surface area (Å²) in [7, 11) is 1.61. The maximum Gasteiger partial charge on any atom is 0.255 e. The highest BCUT2D eigenvalue weighted by Crippen LogP contribution is 2.28. The number of hydrogen-bond donors (Lipinski definition) is 2. The van der Waals surface area contributed by atoms with Crippen LogP contribution < -0.4 is 20.1 Å². The molecule has 2 N–H and O–H groups in total. The van der Waals surface area contributed by atoms with Crippen LogP contribution in [0.15, 0.2) is 42.5 Å². The summed E-state index contributed by atoms with van der Waals surface area (Å²) in [6.45, 7) is 1.39. The van der Waals surface area contributed by atoms with Crippen molar-refractivity contribution >= 4 is 17.3 Å². The van der Waals surface area contributed by atoms with E-state index in [2.05, 4.69) is 10.6 Å². The summed E-state index contributed by atoms with van der Waals surface area (Å²) in [5.41, 5.74) is 2.16. The lowest BCUT2D eigenvalue weighted by molar-refractivity contribution is 0.102. The Hall–Kier alpha value is -2.69. The molecular formula is C16H16N2O3. The van der Waals surface area contributed by atoms with Crippen LogP contribution in [0.4, 0.5) is 11.4 Å². The van der Waals surface area contributed by atoms with Crippen LogP contribution in [0.25, 0.3) is 0 Å². The number of methoxy groups -OCH3 is 1. The van der Waals surface area contributed by atoms with Crippen molar-refractivity contribution in [3.05, 3.63) is 48.0 Å². The van der Waals surface area contributed by atoms with Gasteiger partial charge in [0.1, 0.15) is 18.1 Å². The van der Waals surface area contributed by atoms with Gasteiger partial charge in [0, 0.05) is 17.8 Å². The summed E-state index contributed by atoms with van der Waals surface area (Å²) in [5.74, 6) is 1.38. The molecule has 3 rings (SSSR count). The van der Waals surface area contributed by atoms with Crippen molar-refractivity contribution in [3.8, 4) is 11.5 Å². The lowest BCUT2D eigenvalue weighted by Gasteiger charge is -2.19. The highest BCUT2D eigenvalue weighted by molar-refractivity contribution is 6.05. The average Bonchev–Trinajstić information content (AvgIpc) is 2.55. The molecule has 21 heavy (non-hydrogen) atoms. The van der Waals surface area contributed by atoms with Gasteiger partial charge in [0.2, 0.25) is 0 Å². The molecule has 1 aliphatic rings. The fourth-order valence-electron chi connectivity index (χ4n) is 2.16. The Labute approximate surface area is 122 Å². The largest absolute Gasteiger partial charge is 0.497 e. The van der Waals surface area contributed by atoms with Crippen molar-refractivity contribution < 1.29 is 14.3 Å². The quantitative estimate of drug-likeness (QED) is 0.910. The van der Waals surface area contributed by atoms with Crippen LogP contribution in [0.5, 0.6) is 11.5 Å². The van der Waals surface area contributed by atoms with Gasteiger partial charge in [0.25, 0.3) is 5.91 Å². The Kier molecular flexibility index (Phi) is 3.64. The molecule has 5 nitrogen and oxygen atoms in total. The van der Waals surface area contributed by atoms with Crippen molar-refractivity contribution in [2.75, 3.05) is 30.9 Å². The minimum absolute atomic E-state index is 0.157. The molecule has 0 aromatic heterocycles. The number of carbonyl (C=O) groups is 1. The van der Waals surface area contributed by atoms with E-state index < -0.39 is 0 Å². The van der Waals surface area contributed by atoms with Crippen LogP contribution in [-0.4, -0.2) is 26.2 Å². The van der Waals surface area contributed by atoms with Crippen molar-refractivity contribution in [1.82, 2.24) is 0 Å². The summed E-state index contributed by atoms with van der Waals surface area (Å²) in [4.78, 5) is 12.2. The first kappa shape index (κ1) is 13.3.